The highest BCUT2D eigenvalue weighted by Crippen LogP contribution is 1.97. The van der Waals surface area contributed by atoms with Crippen molar-refractivity contribution in [1.29, 1.82) is 0 Å². The number of rotatable bonds is 5. The van der Waals surface area contributed by atoms with Gasteiger partial charge in [-0.05, 0) is 12.0 Å². The van der Waals surface area contributed by atoms with Crippen LogP contribution in [0.25, 0.3) is 0 Å². The Kier molecular flexibility index (Phi) is 4.37. The monoisotopic (exact) mass is 165 g/mol. The smallest absolute Gasteiger partial charge is 0.0587 e. The van der Waals surface area contributed by atoms with Crippen molar-refractivity contribution in [2.45, 2.75) is 6.42 Å². The number of hydrogen-bond acceptors (Lipinski definition) is 3. The van der Waals surface area contributed by atoms with E-state index < -0.39 is 0 Å². The van der Waals surface area contributed by atoms with E-state index in [-0.39, 0.29) is 0 Å². The first-order chi connectivity index (χ1) is 5.93. The van der Waals surface area contributed by atoms with Crippen LogP contribution in [0.15, 0.2) is 30.3 Å². The van der Waals surface area contributed by atoms with Gasteiger partial charge in [0.05, 0.1) is 6.67 Å². The second-order valence-electron chi connectivity index (χ2n) is 2.62. The summed E-state index contributed by atoms with van der Waals surface area (Å²) in [6, 6.07) is 10.4. The van der Waals surface area contributed by atoms with Gasteiger partial charge in [0.2, 0.25) is 0 Å². The third-order valence-electron chi connectivity index (χ3n) is 1.66. The summed E-state index contributed by atoms with van der Waals surface area (Å²) in [5.74, 6) is 5.10. The maximum Gasteiger partial charge on any atom is 0.0587 e. The molecular formula is C9H15N3. The van der Waals surface area contributed by atoms with Gasteiger partial charge in [0, 0.05) is 6.54 Å². The van der Waals surface area contributed by atoms with Gasteiger partial charge in [-0.3, -0.25) is 5.84 Å². The molecule has 3 heteroatoms. The Hall–Kier alpha value is -0.900. The summed E-state index contributed by atoms with van der Waals surface area (Å²) in [6.45, 7) is 1.61. The van der Waals surface area contributed by atoms with Crippen LogP contribution in [0.4, 0.5) is 0 Å². The highest BCUT2D eigenvalue weighted by atomic mass is 15.3. The molecule has 12 heavy (non-hydrogen) atoms. The molecule has 0 saturated carbocycles. The van der Waals surface area contributed by atoms with Crippen LogP contribution in [0.3, 0.4) is 0 Å². The molecule has 66 valence electrons. The zero-order valence-corrected chi connectivity index (χ0v) is 7.09. The lowest BCUT2D eigenvalue weighted by Crippen LogP contribution is -2.34. The lowest BCUT2D eigenvalue weighted by Gasteiger charge is -2.02. The zero-order valence-electron chi connectivity index (χ0n) is 7.09. The van der Waals surface area contributed by atoms with Crippen molar-refractivity contribution in [2.75, 3.05) is 13.2 Å². The van der Waals surface area contributed by atoms with Crippen LogP contribution in [0.5, 0.6) is 0 Å². The van der Waals surface area contributed by atoms with Gasteiger partial charge >= 0.3 is 0 Å². The highest BCUT2D eigenvalue weighted by Gasteiger charge is 1.89. The minimum Gasteiger partial charge on any atom is -0.303 e. The molecule has 0 atom stereocenters. The van der Waals surface area contributed by atoms with E-state index in [4.69, 9.17) is 5.84 Å². The summed E-state index contributed by atoms with van der Waals surface area (Å²) in [5.41, 5.74) is 3.89. The second kappa shape index (κ2) is 5.71. The molecule has 0 bridgehead atoms. The van der Waals surface area contributed by atoms with Gasteiger partial charge in [-0.2, -0.15) is 0 Å². The quantitative estimate of drug-likeness (QED) is 0.253. The van der Waals surface area contributed by atoms with Crippen LogP contribution in [0.2, 0.25) is 0 Å². The fourth-order valence-electron chi connectivity index (χ4n) is 1.04. The molecule has 0 aliphatic carbocycles. The summed E-state index contributed by atoms with van der Waals surface area (Å²) in [7, 11) is 0. The van der Waals surface area contributed by atoms with Crippen molar-refractivity contribution in [3.63, 3.8) is 0 Å². The molecule has 4 N–H and O–H groups in total. The van der Waals surface area contributed by atoms with E-state index in [1.54, 1.807) is 0 Å². The predicted molar refractivity (Wildman–Crippen MR) is 50.3 cm³/mol. The van der Waals surface area contributed by atoms with Crippen molar-refractivity contribution in [3.05, 3.63) is 35.9 Å². The molecule has 0 heterocycles. The molecule has 1 aromatic carbocycles. The van der Waals surface area contributed by atoms with E-state index in [0.29, 0.717) is 6.67 Å². The standard InChI is InChI=1S/C9H15N3/c10-12-8-11-7-6-9-4-2-1-3-5-9/h1-5,11-12H,6-8,10H2. The first-order valence-corrected chi connectivity index (χ1v) is 4.11. The number of hydrogen-bond donors (Lipinski definition) is 3. The lowest BCUT2D eigenvalue weighted by atomic mass is 10.1. The van der Waals surface area contributed by atoms with E-state index >= 15 is 0 Å². The van der Waals surface area contributed by atoms with Crippen molar-refractivity contribution in [1.82, 2.24) is 10.7 Å². The Morgan fingerprint density at radius 3 is 2.58 bits per heavy atom. The summed E-state index contributed by atoms with van der Waals surface area (Å²) in [5, 5.41) is 3.15. The van der Waals surface area contributed by atoms with Crippen LogP contribution in [-0.4, -0.2) is 13.2 Å². The molecule has 0 radical (unpaired) electrons. The number of nitrogens with two attached hydrogens (primary N) is 1. The average molecular weight is 165 g/mol. The van der Waals surface area contributed by atoms with Gasteiger partial charge < -0.3 is 5.32 Å². The van der Waals surface area contributed by atoms with Crippen molar-refractivity contribution >= 4 is 0 Å². The molecule has 0 saturated heterocycles. The second-order valence-corrected chi connectivity index (χ2v) is 2.62. The highest BCUT2D eigenvalue weighted by molar-refractivity contribution is 5.14. The summed E-state index contributed by atoms with van der Waals surface area (Å²) in [4.78, 5) is 0. The molecule has 0 aliphatic heterocycles. The maximum absolute atomic E-state index is 5.10. The molecule has 0 spiro atoms. The normalized spacial score (nSPS) is 10.1. The fourth-order valence-corrected chi connectivity index (χ4v) is 1.04. The van der Waals surface area contributed by atoms with Crippen LogP contribution in [0.1, 0.15) is 5.56 Å². The largest absolute Gasteiger partial charge is 0.303 e. The number of nitrogens with one attached hydrogen (secondary N) is 2. The third kappa shape index (κ3) is 3.48. The number of benzene rings is 1. The van der Waals surface area contributed by atoms with E-state index in [2.05, 4.69) is 35.0 Å². The fraction of sp³-hybridized carbons (Fsp3) is 0.333. The van der Waals surface area contributed by atoms with Crippen LogP contribution >= 0.6 is 0 Å². The Morgan fingerprint density at radius 2 is 1.92 bits per heavy atom. The van der Waals surface area contributed by atoms with Crippen LogP contribution in [-0.2, 0) is 6.42 Å². The summed E-state index contributed by atoms with van der Waals surface area (Å²) >= 11 is 0. The summed E-state index contributed by atoms with van der Waals surface area (Å²) < 4.78 is 0. The zero-order chi connectivity index (χ0) is 8.65. The topological polar surface area (TPSA) is 50.1 Å². The van der Waals surface area contributed by atoms with E-state index in [0.717, 1.165) is 13.0 Å². The van der Waals surface area contributed by atoms with Crippen molar-refractivity contribution in [3.8, 4) is 0 Å². The average Bonchev–Trinajstić information content (AvgIpc) is 2.14. The minimum atomic E-state index is 0.660. The maximum atomic E-state index is 5.10. The SMILES string of the molecule is NNCNCCc1ccccc1. The summed E-state index contributed by atoms with van der Waals surface area (Å²) in [6.07, 6.45) is 1.04. The Labute approximate surface area is 72.9 Å². The van der Waals surface area contributed by atoms with Gasteiger partial charge in [0.1, 0.15) is 0 Å². The van der Waals surface area contributed by atoms with Gasteiger partial charge in [0.15, 0.2) is 0 Å². The van der Waals surface area contributed by atoms with Crippen LogP contribution < -0.4 is 16.6 Å². The molecule has 0 fully saturated rings. The van der Waals surface area contributed by atoms with Crippen molar-refractivity contribution in [2.24, 2.45) is 5.84 Å². The predicted octanol–water partition coefficient (Wildman–Crippen LogP) is 0.240. The van der Waals surface area contributed by atoms with Gasteiger partial charge in [-0.1, -0.05) is 30.3 Å². The Balaban J connectivity index is 2.16. The Bertz CT molecular complexity index is 198. The van der Waals surface area contributed by atoms with E-state index in [1.165, 1.54) is 5.56 Å². The van der Waals surface area contributed by atoms with Gasteiger partial charge in [0.25, 0.3) is 0 Å². The lowest BCUT2D eigenvalue weighted by molar-refractivity contribution is 0.602. The molecule has 1 rings (SSSR count). The molecule has 1 aromatic rings. The van der Waals surface area contributed by atoms with E-state index in [9.17, 15) is 0 Å². The molecular weight excluding hydrogens is 150 g/mol. The Morgan fingerprint density at radius 1 is 1.17 bits per heavy atom. The molecule has 0 aliphatic rings. The van der Waals surface area contributed by atoms with Gasteiger partial charge in [-0.25, -0.2) is 5.43 Å². The minimum absolute atomic E-state index is 0.660. The molecule has 0 unspecified atom stereocenters. The third-order valence-corrected chi connectivity index (χ3v) is 1.66. The molecule has 0 aromatic heterocycles. The molecule has 3 nitrogen and oxygen atoms in total. The first kappa shape index (κ1) is 9.19. The number of hydrazine groups is 1. The van der Waals surface area contributed by atoms with Crippen molar-refractivity contribution < 1.29 is 0 Å². The molecule has 0 amide bonds. The van der Waals surface area contributed by atoms with Crippen LogP contribution in [0, 0.1) is 0 Å². The first-order valence-electron chi connectivity index (χ1n) is 4.11. The van der Waals surface area contributed by atoms with Gasteiger partial charge in [-0.15, -0.1) is 0 Å². The van der Waals surface area contributed by atoms with E-state index in [1.807, 2.05) is 6.07 Å².